The second-order valence-electron chi connectivity index (χ2n) is 7.30. The first-order valence-electron chi connectivity index (χ1n) is 11.3. The molecule has 0 fully saturated rings. The first-order chi connectivity index (χ1) is 13.9. The molecule has 0 N–H and O–H groups in total. The third kappa shape index (κ3) is 15.2. The van der Waals surface area contributed by atoms with Crippen molar-refractivity contribution < 1.29 is 4.74 Å². The molecule has 0 aliphatic heterocycles. The van der Waals surface area contributed by atoms with Crippen molar-refractivity contribution in [2.24, 2.45) is 0 Å². The van der Waals surface area contributed by atoms with E-state index in [1.165, 1.54) is 71.4 Å². The van der Waals surface area contributed by atoms with Crippen LogP contribution in [0.25, 0.3) is 0 Å². The third-order valence-corrected chi connectivity index (χ3v) is 8.17. The van der Waals surface area contributed by atoms with Crippen LogP contribution in [0.1, 0.15) is 78.1 Å². The van der Waals surface area contributed by atoms with Crippen LogP contribution in [0.2, 0.25) is 0 Å². The molecule has 0 spiro atoms. The van der Waals surface area contributed by atoms with Crippen LogP contribution < -0.4 is 7.16 Å². The zero-order valence-electron chi connectivity index (χ0n) is 18.2. The monoisotopic (exact) mass is 488 g/mol. The van der Waals surface area contributed by atoms with Gasteiger partial charge in [0, 0.05) is 13.2 Å². The van der Waals surface area contributed by atoms with Gasteiger partial charge < -0.3 is 4.74 Å². The topological polar surface area (TPSA) is 9.23 Å². The van der Waals surface area contributed by atoms with Crippen molar-refractivity contribution in [3.05, 3.63) is 60.7 Å². The molecular formula is C26H40OSn. The van der Waals surface area contributed by atoms with E-state index in [-0.39, 0.29) is 0 Å². The van der Waals surface area contributed by atoms with Crippen LogP contribution in [0.3, 0.4) is 0 Å². The quantitative estimate of drug-likeness (QED) is 0.225. The molecule has 1 nitrogen and oxygen atoms in total. The molecule has 0 aliphatic carbocycles. The van der Waals surface area contributed by atoms with Crippen LogP contribution in [0.5, 0.6) is 0 Å². The number of ether oxygens (including phenoxy) is 1. The van der Waals surface area contributed by atoms with Crippen LogP contribution in [0.15, 0.2) is 60.7 Å². The predicted octanol–water partition coefficient (Wildman–Crippen LogP) is 6.29. The van der Waals surface area contributed by atoms with E-state index in [9.17, 15) is 0 Å². The summed E-state index contributed by atoms with van der Waals surface area (Å²) in [5, 5.41) is 0. The van der Waals surface area contributed by atoms with Crippen LogP contribution in [-0.2, 0) is 4.74 Å². The van der Waals surface area contributed by atoms with E-state index in [0.29, 0.717) is 0 Å². The van der Waals surface area contributed by atoms with Crippen molar-refractivity contribution in [3.63, 3.8) is 0 Å². The molecule has 2 aromatic carbocycles. The maximum absolute atomic E-state index is 5.59. The molecular weight excluding hydrogens is 447 g/mol. The predicted molar refractivity (Wildman–Crippen MR) is 126 cm³/mol. The number of unbranched alkanes of at least 4 members (excludes halogenated alkanes) is 8. The van der Waals surface area contributed by atoms with Gasteiger partial charge in [0.05, 0.1) is 0 Å². The molecule has 0 bridgehead atoms. The summed E-state index contributed by atoms with van der Waals surface area (Å²) in [6.45, 7) is 6.48. The van der Waals surface area contributed by atoms with E-state index >= 15 is 0 Å². The summed E-state index contributed by atoms with van der Waals surface area (Å²) in [5.41, 5.74) is 0. The Morgan fingerprint density at radius 3 is 1.32 bits per heavy atom. The fraction of sp³-hybridized carbons (Fsp3) is 0.538. The summed E-state index contributed by atoms with van der Waals surface area (Å²) in [7, 11) is 0. The molecule has 2 radical (unpaired) electrons. The molecule has 0 atom stereocenters. The molecule has 28 heavy (non-hydrogen) atoms. The van der Waals surface area contributed by atoms with Gasteiger partial charge in [0.2, 0.25) is 0 Å². The summed E-state index contributed by atoms with van der Waals surface area (Å²) < 4.78 is 8.67. The van der Waals surface area contributed by atoms with E-state index in [1.807, 2.05) is 0 Å². The van der Waals surface area contributed by atoms with E-state index in [2.05, 4.69) is 74.5 Å². The average Bonchev–Trinajstić information content (AvgIpc) is 2.74. The zero-order chi connectivity index (χ0) is 20.1. The SMILES string of the molecule is CCCCCCCOCCCCCCC.c1cc[c]([Sn][c]2ccccc2)cc1. The molecule has 0 aliphatic rings. The standard InChI is InChI=1S/C14H30O.2C6H5.Sn/c1-3-5-7-9-11-13-15-14-12-10-8-6-4-2;2*1-2-4-6-5-3-1;/h3-14H2,1-2H3;2*1-5H;. The van der Waals surface area contributed by atoms with Gasteiger partial charge in [0.15, 0.2) is 0 Å². The minimum absolute atomic E-state index is 0.517. The Balaban J connectivity index is 0.000000281. The second-order valence-corrected chi connectivity index (χ2v) is 11.3. The summed E-state index contributed by atoms with van der Waals surface area (Å²) in [6, 6.07) is 21.6. The van der Waals surface area contributed by atoms with Crippen LogP contribution in [0.4, 0.5) is 0 Å². The molecule has 0 amide bonds. The van der Waals surface area contributed by atoms with Gasteiger partial charge >= 0.3 is 89.0 Å². The zero-order valence-corrected chi connectivity index (χ0v) is 21.0. The van der Waals surface area contributed by atoms with Crippen LogP contribution >= 0.6 is 0 Å². The molecule has 0 saturated heterocycles. The Morgan fingerprint density at radius 1 is 0.536 bits per heavy atom. The van der Waals surface area contributed by atoms with E-state index in [0.717, 1.165) is 13.2 Å². The Labute approximate surface area is 184 Å². The molecule has 0 aromatic heterocycles. The van der Waals surface area contributed by atoms with Crippen molar-refractivity contribution >= 4 is 28.3 Å². The number of hydrogen-bond acceptors (Lipinski definition) is 1. The normalized spacial score (nSPS) is 10.4. The van der Waals surface area contributed by atoms with Crippen LogP contribution in [0, 0.1) is 0 Å². The molecule has 0 unspecified atom stereocenters. The summed E-state index contributed by atoms with van der Waals surface area (Å²) in [6.07, 6.45) is 13.4. The van der Waals surface area contributed by atoms with Crippen molar-refractivity contribution in [2.45, 2.75) is 78.1 Å². The van der Waals surface area contributed by atoms with Gasteiger partial charge in [-0.3, -0.25) is 0 Å². The second kappa shape index (κ2) is 19.5. The molecule has 0 saturated carbocycles. The van der Waals surface area contributed by atoms with Crippen LogP contribution in [-0.4, -0.2) is 34.4 Å². The first kappa shape index (κ1) is 25.2. The Kier molecular flexibility index (Phi) is 17.6. The number of hydrogen-bond donors (Lipinski definition) is 0. The fourth-order valence-corrected chi connectivity index (χ4v) is 5.93. The molecule has 154 valence electrons. The average molecular weight is 487 g/mol. The van der Waals surface area contributed by atoms with Crippen molar-refractivity contribution in [2.75, 3.05) is 13.2 Å². The van der Waals surface area contributed by atoms with Gasteiger partial charge in [-0.15, -0.1) is 0 Å². The van der Waals surface area contributed by atoms with Gasteiger partial charge in [0.1, 0.15) is 0 Å². The van der Waals surface area contributed by atoms with E-state index < -0.39 is 21.1 Å². The fourth-order valence-electron chi connectivity index (χ4n) is 2.93. The molecule has 2 heteroatoms. The molecule has 0 heterocycles. The van der Waals surface area contributed by atoms with Gasteiger partial charge in [-0.2, -0.15) is 0 Å². The summed E-state index contributed by atoms with van der Waals surface area (Å²) >= 11 is -0.517. The first-order valence-corrected chi connectivity index (χ1v) is 14.2. The third-order valence-electron chi connectivity index (χ3n) is 4.62. The number of rotatable bonds is 14. The molecule has 2 aromatic rings. The Hall–Kier alpha value is -0.801. The Morgan fingerprint density at radius 2 is 0.929 bits per heavy atom. The Bertz CT molecular complexity index is 491. The number of benzene rings is 2. The van der Waals surface area contributed by atoms with Gasteiger partial charge in [-0.1, -0.05) is 65.2 Å². The summed E-state index contributed by atoms with van der Waals surface area (Å²) in [4.78, 5) is 0. The van der Waals surface area contributed by atoms with E-state index in [4.69, 9.17) is 4.74 Å². The molecule has 2 rings (SSSR count). The van der Waals surface area contributed by atoms with Gasteiger partial charge in [-0.25, -0.2) is 0 Å². The minimum atomic E-state index is -0.517. The maximum atomic E-state index is 5.59. The summed E-state index contributed by atoms with van der Waals surface area (Å²) in [5.74, 6) is 0. The van der Waals surface area contributed by atoms with Gasteiger partial charge in [0.25, 0.3) is 0 Å². The van der Waals surface area contributed by atoms with Crippen molar-refractivity contribution in [1.82, 2.24) is 0 Å². The van der Waals surface area contributed by atoms with Crippen molar-refractivity contribution in [1.29, 1.82) is 0 Å². The van der Waals surface area contributed by atoms with Crippen molar-refractivity contribution in [3.8, 4) is 0 Å². The van der Waals surface area contributed by atoms with Gasteiger partial charge in [-0.05, 0) is 12.8 Å². The van der Waals surface area contributed by atoms with E-state index in [1.54, 1.807) is 0 Å².